The highest BCUT2D eigenvalue weighted by Crippen LogP contribution is 2.22. The van der Waals surface area contributed by atoms with E-state index in [-0.39, 0.29) is 11.9 Å². The highest BCUT2D eigenvalue weighted by atomic mass is 16.5. The van der Waals surface area contributed by atoms with Gasteiger partial charge in [0.2, 0.25) is 0 Å². The summed E-state index contributed by atoms with van der Waals surface area (Å²) in [5, 5.41) is 7.21. The fraction of sp³-hybridized carbons (Fsp3) is 0.273. The van der Waals surface area contributed by atoms with Gasteiger partial charge in [0, 0.05) is 18.2 Å². The van der Waals surface area contributed by atoms with Crippen molar-refractivity contribution in [1.82, 2.24) is 15.1 Å². The number of rotatable bonds is 7. The van der Waals surface area contributed by atoms with Gasteiger partial charge in [-0.05, 0) is 56.7 Å². The van der Waals surface area contributed by atoms with Gasteiger partial charge in [-0.25, -0.2) is 0 Å². The van der Waals surface area contributed by atoms with Crippen molar-refractivity contribution >= 4 is 5.91 Å². The molecule has 140 valence electrons. The van der Waals surface area contributed by atoms with Crippen LogP contribution in [-0.2, 0) is 6.54 Å². The van der Waals surface area contributed by atoms with Crippen molar-refractivity contribution in [1.29, 1.82) is 0 Å². The van der Waals surface area contributed by atoms with Crippen LogP contribution in [-0.4, -0.2) is 33.7 Å². The van der Waals surface area contributed by atoms with Gasteiger partial charge < -0.3 is 9.64 Å². The van der Waals surface area contributed by atoms with Gasteiger partial charge >= 0.3 is 0 Å². The molecule has 0 bridgehead atoms. The Balaban J connectivity index is 1.78. The summed E-state index contributed by atoms with van der Waals surface area (Å²) < 4.78 is 5.47. The number of nitrogens with one attached hydrogen (secondary N) is 1. The van der Waals surface area contributed by atoms with E-state index in [9.17, 15) is 4.79 Å². The van der Waals surface area contributed by atoms with Crippen LogP contribution in [0.3, 0.4) is 0 Å². The topological polar surface area (TPSA) is 58.2 Å². The number of amides is 1. The number of hydrogen-bond donors (Lipinski definition) is 1. The van der Waals surface area contributed by atoms with E-state index in [2.05, 4.69) is 10.2 Å². The maximum absolute atomic E-state index is 13.0. The van der Waals surface area contributed by atoms with E-state index in [4.69, 9.17) is 4.74 Å². The molecule has 5 nitrogen and oxygen atoms in total. The van der Waals surface area contributed by atoms with Crippen LogP contribution in [0.2, 0.25) is 0 Å². The van der Waals surface area contributed by atoms with Crippen LogP contribution in [0.15, 0.2) is 60.7 Å². The van der Waals surface area contributed by atoms with E-state index < -0.39 is 0 Å². The summed E-state index contributed by atoms with van der Waals surface area (Å²) in [4.78, 5) is 14.8. The van der Waals surface area contributed by atoms with E-state index >= 15 is 0 Å². The number of ether oxygens (including phenoxy) is 1. The molecule has 2 aromatic carbocycles. The van der Waals surface area contributed by atoms with E-state index in [1.165, 1.54) is 0 Å². The number of carbonyl (C=O) groups is 1. The predicted octanol–water partition coefficient (Wildman–Crippen LogP) is 4.53. The summed E-state index contributed by atoms with van der Waals surface area (Å²) >= 11 is 0. The summed E-state index contributed by atoms with van der Waals surface area (Å²) in [6, 6.07) is 19.6. The van der Waals surface area contributed by atoms with Gasteiger partial charge in [-0.1, -0.05) is 30.3 Å². The average Bonchev–Trinajstić information content (AvgIpc) is 3.17. The van der Waals surface area contributed by atoms with Crippen molar-refractivity contribution in [2.45, 2.75) is 33.4 Å². The molecule has 0 saturated heterocycles. The van der Waals surface area contributed by atoms with Crippen molar-refractivity contribution in [3.63, 3.8) is 0 Å². The highest BCUT2D eigenvalue weighted by Gasteiger charge is 2.21. The molecule has 0 fully saturated rings. The molecule has 0 aliphatic heterocycles. The molecule has 1 amide bonds. The molecule has 0 aliphatic carbocycles. The van der Waals surface area contributed by atoms with Crippen molar-refractivity contribution in [3.05, 3.63) is 71.9 Å². The van der Waals surface area contributed by atoms with Crippen LogP contribution in [0.25, 0.3) is 11.3 Å². The zero-order valence-electron chi connectivity index (χ0n) is 16.0. The number of nitrogens with zero attached hydrogens (tertiary/aromatic N) is 2. The van der Waals surface area contributed by atoms with Crippen LogP contribution in [0.5, 0.6) is 5.75 Å². The summed E-state index contributed by atoms with van der Waals surface area (Å²) in [5.74, 6) is 0.764. The first-order valence-electron chi connectivity index (χ1n) is 9.22. The molecule has 0 aliphatic rings. The molecule has 27 heavy (non-hydrogen) atoms. The van der Waals surface area contributed by atoms with Crippen LogP contribution < -0.4 is 4.74 Å². The molecule has 0 radical (unpaired) electrons. The van der Waals surface area contributed by atoms with Gasteiger partial charge in [0.1, 0.15) is 11.4 Å². The van der Waals surface area contributed by atoms with Crippen LogP contribution in [0.4, 0.5) is 0 Å². The lowest BCUT2D eigenvalue weighted by Gasteiger charge is -2.26. The smallest absolute Gasteiger partial charge is 0.272 e. The molecule has 1 heterocycles. The fourth-order valence-electron chi connectivity index (χ4n) is 2.89. The van der Waals surface area contributed by atoms with E-state index in [0.29, 0.717) is 18.8 Å². The maximum atomic E-state index is 13.0. The monoisotopic (exact) mass is 363 g/mol. The lowest BCUT2D eigenvalue weighted by Crippen LogP contribution is -2.36. The number of H-pyrrole nitrogens is 1. The quantitative estimate of drug-likeness (QED) is 0.671. The highest BCUT2D eigenvalue weighted by molar-refractivity contribution is 5.93. The molecule has 1 aromatic heterocycles. The van der Waals surface area contributed by atoms with Crippen LogP contribution >= 0.6 is 0 Å². The Bertz CT molecular complexity index is 870. The van der Waals surface area contributed by atoms with Gasteiger partial charge in [0.05, 0.1) is 12.3 Å². The Morgan fingerprint density at radius 1 is 1.11 bits per heavy atom. The fourth-order valence-corrected chi connectivity index (χ4v) is 2.89. The van der Waals surface area contributed by atoms with E-state index in [0.717, 1.165) is 22.6 Å². The van der Waals surface area contributed by atoms with Gasteiger partial charge in [0.25, 0.3) is 5.91 Å². The molecule has 0 unspecified atom stereocenters. The normalized spacial score (nSPS) is 10.8. The molecule has 0 saturated carbocycles. The standard InChI is InChI=1S/C22H25N3O2/c1-4-27-19-12-10-18(11-13-19)20-14-21(24-23-20)22(26)25(16(2)3)15-17-8-6-5-7-9-17/h5-14,16H,4,15H2,1-3H3,(H,23,24). The minimum atomic E-state index is -0.0569. The van der Waals surface area contributed by atoms with Gasteiger partial charge in [0.15, 0.2) is 0 Å². The Hall–Kier alpha value is -3.08. The Labute approximate surface area is 160 Å². The maximum Gasteiger partial charge on any atom is 0.272 e. The minimum absolute atomic E-state index is 0.0569. The third kappa shape index (κ3) is 4.56. The molecule has 3 aromatic rings. The number of benzene rings is 2. The first-order valence-corrected chi connectivity index (χ1v) is 9.22. The Kier molecular flexibility index (Phi) is 5.91. The molecule has 0 atom stereocenters. The molecule has 3 rings (SSSR count). The second-order valence-electron chi connectivity index (χ2n) is 6.64. The van der Waals surface area contributed by atoms with Crippen molar-refractivity contribution < 1.29 is 9.53 Å². The van der Waals surface area contributed by atoms with Crippen LogP contribution in [0, 0.1) is 0 Å². The van der Waals surface area contributed by atoms with Crippen molar-refractivity contribution in [2.24, 2.45) is 0 Å². The SMILES string of the molecule is CCOc1ccc(-c2cc(C(=O)N(Cc3ccccc3)C(C)C)[nH]n2)cc1. The number of hydrogen-bond acceptors (Lipinski definition) is 3. The minimum Gasteiger partial charge on any atom is -0.494 e. The summed E-state index contributed by atoms with van der Waals surface area (Å²) in [6.07, 6.45) is 0. The van der Waals surface area contributed by atoms with Gasteiger partial charge in [-0.3, -0.25) is 9.89 Å². The Morgan fingerprint density at radius 2 is 1.81 bits per heavy atom. The van der Waals surface area contributed by atoms with Crippen molar-refractivity contribution in [2.75, 3.05) is 6.61 Å². The number of carbonyl (C=O) groups excluding carboxylic acids is 1. The second-order valence-corrected chi connectivity index (χ2v) is 6.64. The second kappa shape index (κ2) is 8.54. The third-order valence-electron chi connectivity index (χ3n) is 4.35. The number of aromatic amines is 1. The van der Waals surface area contributed by atoms with Crippen molar-refractivity contribution in [3.8, 4) is 17.0 Å². The lowest BCUT2D eigenvalue weighted by molar-refractivity contribution is 0.0684. The summed E-state index contributed by atoms with van der Waals surface area (Å²) in [7, 11) is 0. The molecule has 5 heteroatoms. The predicted molar refractivity (Wildman–Crippen MR) is 107 cm³/mol. The molecule has 0 spiro atoms. The van der Waals surface area contributed by atoms with Gasteiger partial charge in [-0.15, -0.1) is 0 Å². The van der Waals surface area contributed by atoms with Gasteiger partial charge in [-0.2, -0.15) is 5.10 Å². The van der Waals surface area contributed by atoms with E-state index in [1.54, 1.807) is 6.07 Å². The largest absolute Gasteiger partial charge is 0.494 e. The zero-order chi connectivity index (χ0) is 19.2. The number of aromatic nitrogens is 2. The molecular formula is C22H25N3O2. The first-order chi connectivity index (χ1) is 13.1. The van der Waals surface area contributed by atoms with Crippen LogP contribution in [0.1, 0.15) is 36.8 Å². The Morgan fingerprint density at radius 3 is 2.44 bits per heavy atom. The molecular weight excluding hydrogens is 338 g/mol. The average molecular weight is 363 g/mol. The molecule has 1 N–H and O–H groups in total. The van der Waals surface area contributed by atoms with E-state index in [1.807, 2.05) is 80.3 Å². The summed E-state index contributed by atoms with van der Waals surface area (Å²) in [5.41, 5.74) is 3.27. The first kappa shape index (κ1) is 18.7. The third-order valence-corrected chi connectivity index (χ3v) is 4.35. The zero-order valence-corrected chi connectivity index (χ0v) is 16.0. The lowest BCUT2D eigenvalue weighted by atomic mass is 10.1. The summed E-state index contributed by atoms with van der Waals surface area (Å²) in [6.45, 7) is 7.19.